The number of benzene rings is 2. The van der Waals surface area contributed by atoms with E-state index in [0.29, 0.717) is 12.2 Å². The van der Waals surface area contributed by atoms with Crippen molar-refractivity contribution in [3.8, 4) is 5.75 Å². The minimum absolute atomic E-state index is 0.0677. The van der Waals surface area contributed by atoms with E-state index in [9.17, 15) is 4.39 Å². The summed E-state index contributed by atoms with van der Waals surface area (Å²) in [6, 6.07) is 10.2. The molecule has 0 amide bonds. The molecule has 0 aliphatic rings. The van der Waals surface area contributed by atoms with Crippen molar-refractivity contribution in [2.75, 3.05) is 6.61 Å². The van der Waals surface area contributed by atoms with E-state index in [1.807, 2.05) is 19.1 Å². The molecule has 0 radical (unpaired) electrons. The average molecular weight is 378 g/mol. The van der Waals surface area contributed by atoms with Crippen molar-refractivity contribution >= 4 is 39.1 Å². The molecule has 0 aromatic heterocycles. The largest absolute Gasteiger partial charge is 0.493 e. The molecular formula is C15H12BrCl2FO. The van der Waals surface area contributed by atoms with Crippen LogP contribution in [-0.2, 0) is 0 Å². The topological polar surface area (TPSA) is 9.23 Å². The number of ether oxygens (including phenoxy) is 1. The lowest BCUT2D eigenvalue weighted by Crippen LogP contribution is -1.99. The van der Waals surface area contributed by atoms with Gasteiger partial charge in [-0.05, 0) is 46.6 Å². The normalized spacial score (nSPS) is 12.2. The lowest BCUT2D eigenvalue weighted by Gasteiger charge is -2.14. The van der Waals surface area contributed by atoms with Crippen LogP contribution in [0.15, 0.2) is 40.9 Å². The third kappa shape index (κ3) is 3.27. The summed E-state index contributed by atoms with van der Waals surface area (Å²) in [6.45, 7) is 2.48. The summed E-state index contributed by atoms with van der Waals surface area (Å²) < 4.78 is 20.2. The molecule has 5 heteroatoms. The van der Waals surface area contributed by atoms with E-state index in [-0.39, 0.29) is 5.02 Å². The Morgan fingerprint density at radius 3 is 2.70 bits per heavy atom. The monoisotopic (exact) mass is 376 g/mol. The molecule has 0 saturated heterocycles. The zero-order chi connectivity index (χ0) is 14.7. The molecule has 0 heterocycles. The summed E-state index contributed by atoms with van der Waals surface area (Å²) in [5, 5.41) is -0.543. The van der Waals surface area contributed by atoms with Crippen molar-refractivity contribution in [1.29, 1.82) is 0 Å². The quantitative estimate of drug-likeness (QED) is 0.596. The highest BCUT2D eigenvalue weighted by molar-refractivity contribution is 9.10. The molecule has 0 fully saturated rings. The third-order valence-electron chi connectivity index (χ3n) is 2.80. The molecule has 2 rings (SSSR count). The second-order valence-corrected chi connectivity index (χ2v) is 5.83. The van der Waals surface area contributed by atoms with Crippen molar-refractivity contribution in [2.45, 2.75) is 12.3 Å². The first-order chi connectivity index (χ1) is 9.54. The summed E-state index contributed by atoms with van der Waals surface area (Å²) >= 11 is 15.5. The van der Waals surface area contributed by atoms with E-state index in [0.717, 1.165) is 15.8 Å². The van der Waals surface area contributed by atoms with Gasteiger partial charge in [-0.1, -0.05) is 29.8 Å². The Kier molecular flexibility index (Phi) is 5.30. The Bertz CT molecular complexity index is 619. The summed E-state index contributed by atoms with van der Waals surface area (Å²) in [5.74, 6) is 0.242. The van der Waals surface area contributed by atoms with Gasteiger partial charge in [0.25, 0.3) is 0 Å². The Morgan fingerprint density at radius 2 is 2.05 bits per heavy atom. The van der Waals surface area contributed by atoms with Crippen LogP contribution < -0.4 is 4.74 Å². The Balaban J connectivity index is 2.36. The first-order valence-corrected chi connectivity index (χ1v) is 7.65. The highest BCUT2D eigenvalue weighted by Crippen LogP contribution is 2.36. The van der Waals surface area contributed by atoms with E-state index < -0.39 is 11.2 Å². The van der Waals surface area contributed by atoms with Gasteiger partial charge in [-0.25, -0.2) is 4.39 Å². The molecule has 0 aliphatic heterocycles. The van der Waals surface area contributed by atoms with Crippen LogP contribution in [0.4, 0.5) is 4.39 Å². The van der Waals surface area contributed by atoms with Crippen molar-refractivity contribution in [3.63, 3.8) is 0 Å². The standard InChI is InChI=1S/C15H12BrCl2FO/c1-2-20-13-7-6-9(8-11(13)16)14(18)10-4-3-5-12(17)15(10)19/h3-8,14H,2H2,1H3. The predicted molar refractivity (Wildman–Crippen MR) is 84.4 cm³/mol. The van der Waals surface area contributed by atoms with Crippen LogP contribution in [0.3, 0.4) is 0 Å². The summed E-state index contributed by atoms with van der Waals surface area (Å²) in [5.41, 5.74) is 1.12. The number of halogens is 4. The molecule has 1 nitrogen and oxygen atoms in total. The number of rotatable bonds is 4. The smallest absolute Gasteiger partial charge is 0.146 e. The summed E-state index contributed by atoms with van der Waals surface area (Å²) in [4.78, 5) is 0. The average Bonchev–Trinajstić information content (AvgIpc) is 2.43. The Labute approximate surface area is 135 Å². The number of alkyl halides is 1. The van der Waals surface area contributed by atoms with Gasteiger partial charge < -0.3 is 4.74 Å². The Morgan fingerprint density at radius 1 is 1.30 bits per heavy atom. The van der Waals surface area contributed by atoms with Crippen LogP contribution in [-0.4, -0.2) is 6.61 Å². The van der Waals surface area contributed by atoms with Crippen molar-refractivity contribution in [3.05, 3.63) is 62.8 Å². The second-order valence-electron chi connectivity index (χ2n) is 4.13. The first kappa shape index (κ1) is 15.6. The molecule has 2 aromatic rings. The zero-order valence-corrected chi connectivity index (χ0v) is 13.8. The third-order valence-corrected chi connectivity index (χ3v) is 4.20. The van der Waals surface area contributed by atoms with E-state index in [4.69, 9.17) is 27.9 Å². The number of hydrogen-bond donors (Lipinski definition) is 0. The van der Waals surface area contributed by atoms with Crippen molar-refractivity contribution in [2.24, 2.45) is 0 Å². The van der Waals surface area contributed by atoms with Gasteiger partial charge >= 0.3 is 0 Å². The summed E-state index contributed by atoms with van der Waals surface area (Å²) in [7, 11) is 0. The molecular weight excluding hydrogens is 366 g/mol. The fourth-order valence-corrected chi connectivity index (χ4v) is 2.84. The van der Waals surface area contributed by atoms with Crippen LogP contribution in [0.1, 0.15) is 23.4 Å². The maximum absolute atomic E-state index is 14.0. The second kappa shape index (κ2) is 6.79. The SMILES string of the molecule is CCOc1ccc(C(Cl)c2cccc(Cl)c2F)cc1Br. The molecule has 0 spiro atoms. The van der Waals surface area contributed by atoms with Gasteiger partial charge in [-0.2, -0.15) is 0 Å². The van der Waals surface area contributed by atoms with Crippen molar-refractivity contribution < 1.29 is 9.13 Å². The van der Waals surface area contributed by atoms with Crippen molar-refractivity contribution in [1.82, 2.24) is 0 Å². The van der Waals surface area contributed by atoms with Gasteiger partial charge in [0, 0.05) is 5.56 Å². The zero-order valence-electron chi connectivity index (χ0n) is 10.7. The molecule has 0 bridgehead atoms. The summed E-state index contributed by atoms with van der Waals surface area (Å²) in [6.07, 6.45) is 0. The van der Waals surface area contributed by atoms with Gasteiger partial charge in [-0.3, -0.25) is 0 Å². The first-order valence-electron chi connectivity index (χ1n) is 6.04. The van der Waals surface area contributed by atoms with Gasteiger partial charge in [-0.15, -0.1) is 11.6 Å². The molecule has 1 atom stereocenters. The maximum atomic E-state index is 14.0. The molecule has 0 saturated carbocycles. The predicted octanol–water partition coefficient (Wildman–Crippen LogP) is 5.97. The van der Waals surface area contributed by atoms with Gasteiger partial charge in [0.15, 0.2) is 0 Å². The molecule has 106 valence electrons. The van der Waals surface area contributed by atoms with E-state index in [1.165, 1.54) is 6.07 Å². The lowest BCUT2D eigenvalue weighted by atomic mass is 10.0. The fraction of sp³-hybridized carbons (Fsp3) is 0.200. The number of hydrogen-bond acceptors (Lipinski definition) is 1. The van der Waals surface area contributed by atoms with Crippen LogP contribution in [0.2, 0.25) is 5.02 Å². The van der Waals surface area contributed by atoms with E-state index in [1.54, 1.807) is 18.2 Å². The van der Waals surface area contributed by atoms with Gasteiger partial charge in [0.2, 0.25) is 0 Å². The molecule has 1 unspecified atom stereocenters. The maximum Gasteiger partial charge on any atom is 0.146 e. The molecule has 2 aromatic carbocycles. The molecule has 0 aliphatic carbocycles. The highest BCUT2D eigenvalue weighted by Gasteiger charge is 2.18. The van der Waals surface area contributed by atoms with E-state index in [2.05, 4.69) is 15.9 Å². The minimum Gasteiger partial charge on any atom is -0.493 e. The highest BCUT2D eigenvalue weighted by atomic mass is 79.9. The minimum atomic E-state index is -0.610. The van der Waals surface area contributed by atoms with Crippen LogP contribution in [0.5, 0.6) is 5.75 Å². The van der Waals surface area contributed by atoms with Gasteiger partial charge in [0.05, 0.1) is 21.5 Å². The fourth-order valence-electron chi connectivity index (χ4n) is 1.84. The van der Waals surface area contributed by atoms with Gasteiger partial charge in [0.1, 0.15) is 11.6 Å². The molecule has 0 N–H and O–H groups in total. The lowest BCUT2D eigenvalue weighted by molar-refractivity contribution is 0.338. The van der Waals surface area contributed by atoms with Crippen LogP contribution in [0.25, 0.3) is 0 Å². The van der Waals surface area contributed by atoms with Crippen LogP contribution >= 0.6 is 39.1 Å². The molecule has 20 heavy (non-hydrogen) atoms. The van der Waals surface area contributed by atoms with E-state index >= 15 is 0 Å². The Hall–Kier alpha value is -0.770. The van der Waals surface area contributed by atoms with Crippen LogP contribution in [0, 0.1) is 5.82 Å².